The maximum atomic E-state index is 13.2. The lowest BCUT2D eigenvalue weighted by atomic mass is 10.1. The normalized spacial score (nSPS) is 15.0. The fourth-order valence-electron chi connectivity index (χ4n) is 3.34. The molecule has 1 N–H and O–H groups in total. The second-order valence-electron chi connectivity index (χ2n) is 6.91. The lowest BCUT2D eigenvalue weighted by molar-refractivity contribution is -0.118. The minimum Gasteiger partial charge on any atom is -0.368 e. The zero-order valence-corrected chi connectivity index (χ0v) is 16.3. The molecule has 0 radical (unpaired) electrons. The quantitative estimate of drug-likeness (QED) is 0.821. The molecule has 144 valence electrons. The first-order valence-electron chi connectivity index (χ1n) is 9.26. The first-order valence-corrected chi connectivity index (χ1v) is 9.63. The molecular formula is C21H25ClFN3O. The summed E-state index contributed by atoms with van der Waals surface area (Å²) in [5.41, 5.74) is 3.41. The minimum atomic E-state index is -0.303. The monoisotopic (exact) mass is 389 g/mol. The van der Waals surface area contributed by atoms with Gasteiger partial charge in [-0.3, -0.25) is 9.69 Å². The number of hydrogen-bond acceptors (Lipinski definition) is 3. The topological polar surface area (TPSA) is 35.6 Å². The number of hydrogen-bond donors (Lipinski definition) is 1. The van der Waals surface area contributed by atoms with E-state index in [0.717, 1.165) is 44.8 Å². The number of anilines is 1. The third kappa shape index (κ3) is 5.68. The SMILES string of the molecule is CC(=O)NCCc1ccc(CN2CCN(c3ccc(F)cc3Cl)CC2)cc1. The maximum absolute atomic E-state index is 13.2. The predicted octanol–water partition coefficient (Wildman–Crippen LogP) is 3.48. The van der Waals surface area contributed by atoms with Crippen molar-refractivity contribution in [1.82, 2.24) is 10.2 Å². The molecular weight excluding hydrogens is 365 g/mol. The second kappa shape index (κ2) is 9.20. The highest BCUT2D eigenvalue weighted by Crippen LogP contribution is 2.27. The Balaban J connectivity index is 1.48. The second-order valence-corrected chi connectivity index (χ2v) is 7.32. The fraction of sp³-hybridized carbons (Fsp3) is 0.381. The zero-order valence-electron chi connectivity index (χ0n) is 15.5. The molecule has 6 heteroatoms. The van der Waals surface area contributed by atoms with Gasteiger partial charge in [0.2, 0.25) is 5.91 Å². The van der Waals surface area contributed by atoms with Gasteiger partial charge in [-0.05, 0) is 35.7 Å². The third-order valence-electron chi connectivity index (χ3n) is 4.84. The van der Waals surface area contributed by atoms with Crippen molar-refractivity contribution < 1.29 is 9.18 Å². The van der Waals surface area contributed by atoms with Gasteiger partial charge in [0.15, 0.2) is 0 Å². The van der Waals surface area contributed by atoms with Crippen LogP contribution >= 0.6 is 11.6 Å². The predicted molar refractivity (Wildman–Crippen MR) is 108 cm³/mol. The van der Waals surface area contributed by atoms with E-state index < -0.39 is 0 Å². The molecule has 0 aromatic heterocycles. The van der Waals surface area contributed by atoms with Gasteiger partial charge in [-0.2, -0.15) is 0 Å². The molecule has 0 atom stereocenters. The van der Waals surface area contributed by atoms with E-state index >= 15 is 0 Å². The van der Waals surface area contributed by atoms with Gasteiger partial charge in [-0.1, -0.05) is 35.9 Å². The first kappa shape index (κ1) is 19.6. The first-order chi connectivity index (χ1) is 13.0. The number of benzene rings is 2. The molecule has 1 fully saturated rings. The molecule has 0 aliphatic carbocycles. The molecule has 0 spiro atoms. The van der Waals surface area contributed by atoms with Gasteiger partial charge in [0.05, 0.1) is 10.7 Å². The van der Waals surface area contributed by atoms with Crippen molar-refractivity contribution in [3.8, 4) is 0 Å². The highest BCUT2D eigenvalue weighted by Gasteiger charge is 2.19. The summed E-state index contributed by atoms with van der Waals surface area (Å²) < 4.78 is 13.2. The van der Waals surface area contributed by atoms with Crippen molar-refractivity contribution in [3.63, 3.8) is 0 Å². The number of halogens is 2. The van der Waals surface area contributed by atoms with E-state index in [1.54, 1.807) is 6.07 Å². The van der Waals surface area contributed by atoms with E-state index in [9.17, 15) is 9.18 Å². The van der Waals surface area contributed by atoms with Crippen LogP contribution in [0.15, 0.2) is 42.5 Å². The molecule has 27 heavy (non-hydrogen) atoms. The van der Waals surface area contributed by atoms with E-state index in [4.69, 9.17) is 11.6 Å². The molecule has 0 unspecified atom stereocenters. The Morgan fingerprint density at radius 1 is 1.07 bits per heavy atom. The maximum Gasteiger partial charge on any atom is 0.216 e. The molecule has 1 saturated heterocycles. The van der Waals surface area contributed by atoms with Crippen LogP contribution in [-0.2, 0) is 17.8 Å². The van der Waals surface area contributed by atoms with Crippen LogP contribution in [0.3, 0.4) is 0 Å². The van der Waals surface area contributed by atoms with Crippen LogP contribution in [0.5, 0.6) is 0 Å². The highest BCUT2D eigenvalue weighted by atomic mass is 35.5. The van der Waals surface area contributed by atoms with Crippen LogP contribution in [0.4, 0.5) is 10.1 Å². The number of piperazine rings is 1. The fourth-order valence-corrected chi connectivity index (χ4v) is 3.62. The Labute approximate surface area is 164 Å². The van der Waals surface area contributed by atoms with Gasteiger partial charge in [-0.25, -0.2) is 4.39 Å². The number of nitrogens with zero attached hydrogens (tertiary/aromatic N) is 2. The number of carbonyl (C=O) groups is 1. The summed E-state index contributed by atoms with van der Waals surface area (Å²) in [7, 11) is 0. The summed E-state index contributed by atoms with van der Waals surface area (Å²) in [6, 6.07) is 13.2. The smallest absolute Gasteiger partial charge is 0.216 e. The van der Waals surface area contributed by atoms with Crippen LogP contribution in [0.25, 0.3) is 0 Å². The number of nitrogens with one attached hydrogen (secondary N) is 1. The summed E-state index contributed by atoms with van der Waals surface area (Å²) in [4.78, 5) is 15.5. The van der Waals surface area contributed by atoms with E-state index in [0.29, 0.717) is 11.6 Å². The summed E-state index contributed by atoms with van der Waals surface area (Å²) >= 11 is 6.18. The minimum absolute atomic E-state index is 0.00712. The zero-order chi connectivity index (χ0) is 19.2. The Morgan fingerprint density at radius 2 is 1.74 bits per heavy atom. The van der Waals surface area contributed by atoms with Crippen molar-refractivity contribution in [2.45, 2.75) is 19.9 Å². The average Bonchev–Trinajstić information content (AvgIpc) is 2.64. The standard InChI is InChI=1S/C21H25ClFN3O/c1-16(27)24-9-8-17-2-4-18(5-3-17)15-25-10-12-26(13-11-25)21-7-6-19(23)14-20(21)22/h2-7,14H,8-13,15H2,1H3,(H,24,27). The van der Waals surface area contributed by atoms with Crippen LogP contribution in [-0.4, -0.2) is 43.5 Å². The van der Waals surface area contributed by atoms with E-state index in [-0.39, 0.29) is 11.7 Å². The molecule has 2 aromatic carbocycles. The van der Waals surface area contributed by atoms with Crippen molar-refractivity contribution in [1.29, 1.82) is 0 Å². The average molecular weight is 390 g/mol. The Bertz CT molecular complexity index is 773. The molecule has 1 aliphatic rings. The van der Waals surface area contributed by atoms with Gasteiger partial charge >= 0.3 is 0 Å². The summed E-state index contributed by atoms with van der Waals surface area (Å²) in [5, 5.41) is 3.29. The molecule has 0 bridgehead atoms. The molecule has 3 rings (SSSR count). The van der Waals surface area contributed by atoms with Gasteiger partial charge in [0.1, 0.15) is 5.82 Å². The van der Waals surface area contributed by atoms with Gasteiger partial charge < -0.3 is 10.2 Å². The summed E-state index contributed by atoms with van der Waals surface area (Å²) in [6.45, 7) is 6.75. The van der Waals surface area contributed by atoms with Crippen LogP contribution in [0.1, 0.15) is 18.1 Å². The molecule has 1 heterocycles. The van der Waals surface area contributed by atoms with Crippen LogP contribution in [0.2, 0.25) is 5.02 Å². The van der Waals surface area contributed by atoms with E-state index in [1.165, 1.54) is 30.2 Å². The Hall–Kier alpha value is -2.11. The van der Waals surface area contributed by atoms with E-state index in [1.807, 2.05) is 0 Å². The molecule has 4 nitrogen and oxygen atoms in total. The number of amides is 1. The molecule has 0 saturated carbocycles. The van der Waals surface area contributed by atoms with Crippen molar-refractivity contribution >= 4 is 23.2 Å². The van der Waals surface area contributed by atoms with Crippen molar-refractivity contribution in [2.75, 3.05) is 37.6 Å². The van der Waals surface area contributed by atoms with Gasteiger partial charge in [-0.15, -0.1) is 0 Å². The largest absolute Gasteiger partial charge is 0.368 e. The lowest BCUT2D eigenvalue weighted by Gasteiger charge is -2.36. The molecule has 1 aliphatic heterocycles. The summed E-state index contributed by atoms with van der Waals surface area (Å²) in [6.07, 6.45) is 0.844. The van der Waals surface area contributed by atoms with Crippen LogP contribution in [0, 0.1) is 5.82 Å². The Morgan fingerprint density at radius 3 is 2.37 bits per heavy atom. The van der Waals surface area contributed by atoms with Gasteiger partial charge in [0.25, 0.3) is 0 Å². The Kier molecular flexibility index (Phi) is 6.69. The van der Waals surface area contributed by atoms with Crippen LogP contribution < -0.4 is 10.2 Å². The lowest BCUT2D eigenvalue weighted by Crippen LogP contribution is -2.46. The highest BCUT2D eigenvalue weighted by molar-refractivity contribution is 6.33. The number of rotatable bonds is 6. The van der Waals surface area contributed by atoms with E-state index in [2.05, 4.69) is 39.4 Å². The molecule has 1 amide bonds. The third-order valence-corrected chi connectivity index (χ3v) is 5.14. The van der Waals surface area contributed by atoms with Gasteiger partial charge in [0, 0.05) is 46.2 Å². The summed E-state index contributed by atoms with van der Waals surface area (Å²) in [5.74, 6) is -0.296. The molecule has 2 aromatic rings. The van der Waals surface area contributed by atoms with Crippen molar-refractivity contribution in [2.24, 2.45) is 0 Å². The van der Waals surface area contributed by atoms with Crippen molar-refractivity contribution in [3.05, 3.63) is 64.4 Å². The number of carbonyl (C=O) groups excluding carboxylic acids is 1.